The summed E-state index contributed by atoms with van der Waals surface area (Å²) >= 11 is 0. The fraction of sp³-hybridized carbons (Fsp3) is 0. The molecule has 6 rings (SSSR count). The van der Waals surface area contributed by atoms with Gasteiger partial charge >= 0.3 is 0 Å². The summed E-state index contributed by atoms with van der Waals surface area (Å²) in [4.78, 5) is 0. The molecule has 0 spiro atoms. The first-order valence-corrected chi connectivity index (χ1v) is 11.5. The topological polar surface area (TPSA) is 52.0 Å². The van der Waals surface area contributed by atoms with Gasteiger partial charge in [-0.2, -0.15) is 0 Å². The van der Waals surface area contributed by atoms with Crippen LogP contribution in [0.5, 0.6) is 0 Å². The summed E-state index contributed by atoms with van der Waals surface area (Å²) in [5.74, 6) is 0. The maximum Gasteiger partial charge on any atom is 0.0480 e. The second kappa shape index (κ2) is 8.09. The van der Waals surface area contributed by atoms with Crippen LogP contribution in [0.2, 0.25) is 0 Å². The molecule has 2 heteroatoms. The van der Waals surface area contributed by atoms with E-state index in [0.717, 1.165) is 66.3 Å². The maximum absolute atomic E-state index is 7.01. The summed E-state index contributed by atoms with van der Waals surface area (Å²) in [7, 11) is 0. The summed E-state index contributed by atoms with van der Waals surface area (Å²) in [6.07, 6.45) is 0. The van der Waals surface area contributed by atoms with Crippen molar-refractivity contribution < 1.29 is 0 Å². The van der Waals surface area contributed by atoms with Gasteiger partial charge in [-0.15, -0.1) is 0 Å². The van der Waals surface area contributed by atoms with E-state index < -0.39 is 0 Å². The lowest BCUT2D eigenvalue weighted by Gasteiger charge is -2.21. The molecule has 0 aliphatic carbocycles. The molecule has 0 saturated heterocycles. The lowest BCUT2D eigenvalue weighted by molar-refractivity contribution is 1.60. The third-order valence-electron chi connectivity index (χ3n) is 6.60. The molecule has 0 saturated carbocycles. The van der Waals surface area contributed by atoms with Crippen LogP contribution in [0.4, 0.5) is 11.4 Å². The summed E-state index contributed by atoms with van der Waals surface area (Å²) in [5.41, 5.74) is 21.7. The molecule has 0 aliphatic rings. The van der Waals surface area contributed by atoms with Crippen molar-refractivity contribution in [3.05, 3.63) is 121 Å². The Kier molecular flexibility index (Phi) is 4.78. The fourth-order valence-electron chi connectivity index (χ4n) is 4.98. The van der Waals surface area contributed by atoms with E-state index in [-0.39, 0.29) is 0 Å². The Morgan fingerprint density at radius 3 is 1.15 bits per heavy atom. The van der Waals surface area contributed by atoms with Crippen LogP contribution >= 0.6 is 0 Å². The minimum absolute atomic E-state index is 0.743. The number of rotatable bonds is 3. The molecule has 0 bridgehead atoms. The minimum Gasteiger partial charge on any atom is -0.398 e. The average Bonchev–Trinajstić information content (AvgIpc) is 2.90. The second-order valence-electron chi connectivity index (χ2n) is 8.60. The van der Waals surface area contributed by atoms with Crippen LogP contribution in [-0.2, 0) is 0 Å². The van der Waals surface area contributed by atoms with Crippen molar-refractivity contribution in [3.8, 4) is 33.4 Å². The van der Waals surface area contributed by atoms with E-state index in [9.17, 15) is 0 Å². The van der Waals surface area contributed by atoms with Crippen molar-refractivity contribution in [2.24, 2.45) is 0 Å². The first kappa shape index (κ1) is 20.1. The summed E-state index contributed by atoms with van der Waals surface area (Å²) < 4.78 is 0. The molecule has 0 atom stereocenters. The summed E-state index contributed by atoms with van der Waals surface area (Å²) in [5, 5.41) is 4.47. The van der Waals surface area contributed by atoms with Gasteiger partial charge in [0, 0.05) is 33.6 Å². The zero-order valence-corrected chi connectivity index (χ0v) is 18.7. The maximum atomic E-state index is 7.01. The Hall–Kier alpha value is -4.56. The van der Waals surface area contributed by atoms with E-state index in [1.54, 1.807) is 0 Å². The van der Waals surface area contributed by atoms with E-state index in [1.807, 2.05) is 36.4 Å². The normalized spacial score (nSPS) is 11.2. The molecule has 6 aromatic rings. The molecule has 34 heavy (non-hydrogen) atoms. The number of benzene rings is 6. The van der Waals surface area contributed by atoms with Crippen LogP contribution in [-0.4, -0.2) is 0 Å². The first-order chi connectivity index (χ1) is 16.7. The smallest absolute Gasteiger partial charge is 0.0480 e. The molecule has 0 heterocycles. The molecule has 4 N–H and O–H groups in total. The summed E-state index contributed by atoms with van der Waals surface area (Å²) in [6, 6.07) is 41.8. The number of fused-ring (bicyclic) bond motifs is 2. The lowest BCUT2D eigenvalue weighted by atomic mass is 9.85. The van der Waals surface area contributed by atoms with E-state index in [2.05, 4.69) is 84.9 Å². The standard InChI is InChI=1S/C32H24N2/c33-31-27(21-11-3-1-4-12-21)19-23-15-7-9-17-25(23)29(31)30-26-18-10-8-16-24(26)20-28(32(30)34)22-13-5-2-6-14-22/h1-20H,33-34H2. The van der Waals surface area contributed by atoms with Gasteiger partial charge in [0.2, 0.25) is 0 Å². The predicted molar refractivity (Wildman–Crippen MR) is 147 cm³/mol. The Bertz CT molecular complexity index is 1530. The number of nitrogen functional groups attached to an aromatic ring is 2. The zero-order chi connectivity index (χ0) is 23.1. The third-order valence-corrected chi connectivity index (χ3v) is 6.60. The monoisotopic (exact) mass is 436 g/mol. The van der Waals surface area contributed by atoms with Gasteiger partial charge in [-0.25, -0.2) is 0 Å². The Balaban J connectivity index is 1.78. The number of hydrogen-bond acceptors (Lipinski definition) is 2. The Morgan fingerprint density at radius 1 is 0.382 bits per heavy atom. The predicted octanol–water partition coefficient (Wildman–Crippen LogP) is 8.16. The SMILES string of the molecule is Nc1c(-c2ccccc2)cc2ccccc2c1-c1c(N)c(-c2ccccc2)cc2ccccc12. The Labute approximate surface area is 199 Å². The van der Waals surface area contributed by atoms with Crippen molar-refractivity contribution in [1.82, 2.24) is 0 Å². The van der Waals surface area contributed by atoms with E-state index >= 15 is 0 Å². The zero-order valence-electron chi connectivity index (χ0n) is 18.7. The summed E-state index contributed by atoms with van der Waals surface area (Å²) in [6.45, 7) is 0. The molecule has 0 aromatic heterocycles. The van der Waals surface area contributed by atoms with Gasteiger partial charge in [-0.05, 0) is 44.8 Å². The number of anilines is 2. The molecule has 0 amide bonds. The molecular weight excluding hydrogens is 412 g/mol. The molecule has 6 aromatic carbocycles. The molecule has 2 nitrogen and oxygen atoms in total. The van der Waals surface area contributed by atoms with Crippen LogP contribution in [0.3, 0.4) is 0 Å². The lowest BCUT2D eigenvalue weighted by Crippen LogP contribution is -2.01. The fourth-order valence-corrected chi connectivity index (χ4v) is 4.98. The molecule has 0 radical (unpaired) electrons. The van der Waals surface area contributed by atoms with Gasteiger partial charge in [-0.1, -0.05) is 109 Å². The van der Waals surface area contributed by atoms with Gasteiger partial charge in [0.25, 0.3) is 0 Å². The molecule has 0 fully saturated rings. The van der Waals surface area contributed by atoms with Crippen LogP contribution in [0, 0.1) is 0 Å². The van der Waals surface area contributed by atoms with Crippen molar-refractivity contribution >= 4 is 32.9 Å². The minimum atomic E-state index is 0.743. The van der Waals surface area contributed by atoms with Gasteiger partial charge in [0.15, 0.2) is 0 Å². The number of nitrogens with two attached hydrogens (primary N) is 2. The molecule has 0 unspecified atom stereocenters. The molecular formula is C32H24N2. The Morgan fingerprint density at radius 2 is 0.735 bits per heavy atom. The van der Waals surface area contributed by atoms with Crippen molar-refractivity contribution in [3.63, 3.8) is 0 Å². The van der Waals surface area contributed by atoms with E-state index in [1.165, 1.54) is 0 Å². The van der Waals surface area contributed by atoms with Gasteiger partial charge < -0.3 is 11.5 Å². The number of hydrogen-bond donors (Lipinski definition) is 2. The van der Waals surface area contributed by atoms with Crippen molar-refractivity contribution in [2.45, 2.75) is 0 Å². The largest absolute Gasteiger partial charge is 0.398 e. The average molecular weight is 437 g/mol. The van der Waals surface area contributed by atoms with Crippen LogP contribution < -0.4 is 11.5 Å². The van der Waals surface area contributed by atoms with E-state index in [0.29, 0.717) is 0 Å². The van der Waals surface area contributed by atoms with Gasteiger partial charge in [0.05, 0.1) is 0 Å². The highest BCUT2D eigenvalue weighted by Gasteiger charge is 2.20. The molecule has 162 valence electrons. The first-order valence-electron chi connectivity index (χ1n) is 11.5. The third kappa shape index (κ3) is 3.20. The molecule has 0 aliphatic heterocycles. The van der Waals surface area contributed by atoms with Crippen LogP contribution in [0.1, 0.15) is 0 Å². The second-order valence-corrected chi connectivity index (χ2v) is 8.60. The van der Waals surface area contributed by atoms with Crippen molar-refractivity contribution in [1.29, 1.82) is 0 Å². The highest BCUT2D eigenvalue weighted by molar-refractivity contribution is 6.17. The van der Waals surface area contributed by atoms with Gasteiger partial charge in [-0.3, -0.25) is 0 Å². The van der Waals surface area contributed by atoms with Crippen LogP contribution in [0.15, 0.2) is 121 Å². The van der Waals surface area contributed by atoms with Gasteiger partial charge in [0.1, 0.15) is 0 Å². The van der Waals surface area contributed by atoms with Crippen molar-refractivity contribution in [2.75, 3.05) is 11.5 Å². The van der Waals surface area contributed by atoms with Crippen LogP contribution in [0.25, 0.3) is 54.9 Å². The van der Waals surface area contributed by atoms with E-state index in [4.69, 9.17) is 11.5 Å². The highest BCUT2D eigenvalue weighted by atomic mass is 14.6. The quantitative estimate of drug-likeness (QED) is 0.275. The highest BCUT2D eigenvalue weighted by Crippen LogP contribution is 2.48.